The van der Waals surface area contributed by atoms with Gasteiger partial charge >= 0.3 is 0 Å². The molecule has 0 saturated heterocycles. The molecule has 0 aliphatic heterocycles. The van der Waals surface area contributed by atoms with E-state index in [-0.39, 0.29) is 0 Å². The summed E-state index contributed by atoms with van der Waals surface area (Å²) in [5.74, 6) is 0.943. The zero-order valence-electron chi connectivity index (χ0n) is 8.32. The lowest BCUT2D eigenvalue weighted by molar-refractivity contribution is 1.16. The van der Waals surface area contributed by atoms with Crippen LogP contribution in [0.25, 0.3) is 0 Å². The molecule has 16 heavy (non-hydrogen) atoms. The van der Waals surface area contributed by atoms with Crippen molar-refractivity contribution in [2.24, 2.45) is 0 Å². The molecule has 0 fully saturated rings. The average molecular weight is 254 g/mol. The lowest BCUT2D eigenvalue weighted by Gasteiger charge is -2.08. The van der Waals surface area contributed by atoms with Gasteiger partial charge in [0.05, 0.1) is 17.4 Å². The molecule has 0 aliphatic rings. The fourth-order valence-corrected chi connectivity index (χ4v) is 1.59. The first-order valence-corrected chi connectivity index (χ1v) is 5.59. The van der Waals surface area contributed by atoms with Gasteiger partial charge in [-0.1, -0.05) is 29.8 Å². The Morgan fingerprint density at radius 1 is 1.12 bits per heavy atom. The van der Waals surface area contributed by atoms with E-state index in [1.54, 1.807) is 12.4 Å². The molecule has 1 heterocycles. The molecule has 0 atom stereocenters. The molecule has 1 aromatic heterocycles. The van der Waals surface area contributed by atoms with E-state index in [1.807, 2.05) is 24.3 Å². The van der Waals surface area contributed by atoms with Gasteiger partial charge in [-0.25, -0.2) is 9.97 Å². The van der Waals surface area contributed by atoms with Gasteiger partial charge in [-0.3, -0.25) is 0 Å². The summed E-state index contributed by atoms with van der Waals surface area (Å²) < 4.78 is 0. The molecule has 5 heteroatoms. The van der Waals surface area contributed by atoms with Gasteiger partial charge in [0.15, 0.2) is 0 Å². The third-order valence-corrected chi connectivity index (χ3v) is 2.51. The van der Waals surface area contributed by atoms with Crippen molar-refractivity contribution in [3.63, 3.8) is 0 Å². The van der Waals surface area contributed by atoms with Crippen molar-refractivity contribution in [2.75, 3.05) is 5.32 Å². The van der Waals surface area contributed by atoms with Crippen LogP contribution < -0.4 is 5.32 Å². The van der Waals surface area contributed by atoms with Gasteiger partial charge in [0, 0.05) is 11.6 Å². The second-order valence-electron chi connectivity index (χ2n) is 3.14. The summed E-state index contributed by atoms with van der Waals surface area (Å²) in [6, 6.07) is 7.74. The number of hydrogen-bond acceptors (Lipinski definition) is 3. The maximum absolute atomic E-state index is 5.82. The quantitative estimate of drug-likeness (QED) is 0.850. The number of hydrogen-bond donors (Lipinski definition) is 1. The minimum Gasteiger partial charge on any atom is -0.324 e. The number of aromatic nitrogens is 2. The van der Waals surface area contributed by atoms with E-state index in [1.165, 1.54) is 0 Å². The first-order valence-electron chi connectivity index (χ1n) is 4.68. The number of benzene rings is 1. The molecular weight excluding hydrogens is 245 g/mol. The Hall–Kier alpha value is -1.32. The highest BCUT2D eigenvalue weighted by molar-refractivity contribution is 6.30. The third-order valence-electron chi connectivity index (χ3n) is 2.03. The number of halogens is 2. The molecule has 3 nitrogen and oxygen atoms in total. The minimum absolute atomic E-state index is 0.441. The van der Waals surface area contributed by atoms with Crippen LogP contribution in [0.1, 0.15) is 5.56 Å². The molecule has 1 N–H and O–H groups in total. The van der Waals surface area contributed by atoms with Crippen molar-refractivity contribution in [2.45, 2.75) is 5.88 Å². The predicted molar refractivity (Wildman–Crippen MR) is 66.3 cm³/mol. The summed E-state index contributed by atoms with van der Waals surface area (Å²) >= 11 is 11.5. The zero-order chi connectivity index (χ0) is 11.4. The molecule has 2 aromatic rings. The van der Waals surface area contributed by atoms with Gasteiger partial charge in [-0.15, -0.1) is 11.6 Å². The van der Waals surface area contributed by atoms with Crippen LogP contribution >= 0.6 is 23.2 Å². The number of alkyl halides is 1. The topological polar surface area (TPSA) is 37.8 Å². The molecule has 2 rings (SSSR count). The lowest BCUT2D eigenvalue weighted by atomic mass is 10.2. The summed E-state index contributed by atoms with van der Waals surface area (Å²) in [4.78, 5) is 8.10. The van der Waals surface area contributed by atoms with Crippen LogP contribution in [-0.2, 0) is 5.88 Å². The van der Waals surface area contributed by atoms with Gasteiger partial charge in [0.2, 0.25) is 5.95 Å². The molecule has 0 bridgehead atoms. The maximum Gasteiger partial charge on any atom is 0.227 e. The Balaban J connectivity index is 2.23. The van der Waals surface area contributed by atoms with E-state index >= 15 is 0 Å². The highest BCUT2D eigenvalue weighted by Gasteiger charge is 2.02. The van der Waals surface area contributed by atoms with Gasteiger partial charge in [-0.2, -0.15) is 0 Å². The SMILES string of the molecule is ClCc1ccccc1Nc1ncc(Cl)cn1. The Bertz CT molecular complexity index is 471. The Morgan fingerprint density at radius 2 is 1.81 bits per heavy atom. The number of anilines is 2. The van der Waals surface area contributed by atoms with E-state index in [0.717, 1.165) is 11.3 Å². The Labute approximate surface area is 103 Å². The predicted octanol–water partition coefficient (Wildman–Crippen LogP) is 3.61. The van der Waals surface area contributed by atoms with Crippen molar-refractivity contribution in [3.05, 3.63) is 47.2 Å². The van der Waals surface area contributed by atoms with Gasteiger partial charge in [0.25, 0.3) is 0 Å². The number of nitrogens with one attached hydrogen (secondary N) is 1. The number of nitrogens with zero attached hydrogens (tertiary/aromatic N) is 2. The second kappa shape index (κ2) is 5.14. The summed E-state index contributed by atoms with van der Waals surface area (Å²) in [6.45, 7) is 0. The van der Waals surface area contributed by atoms with Crippen LogP contribution in [0.15, 0.2) is 36.7 Å². The third kappa shape index (κ3) is 2.62. The molecule has 0 unspecified atom stereocenters. The molecule has 0 radical (unpaired) electrons. The number of rotatable bonds is 3. The van der Waals surface area contributed by atoms with E-state index in [0.29, 0.717) is 16.9 Å². The molecule has 0 amide bonds. The number of para-hydroxylation sites is 1. The monoisotopic (exact) mass is 253 g/mol. The van der Waals surface area contributed by atoms with E-state index in [4.69, 9.17) is 23.2 Å². The fraction of sp³-hybridized carbons (Fsp3) is 0.0909. The lowest BCUT2D eigenvalue weighted by Crippen LogP contribution is -1.98. The zero-order valence-corrected chi connectivity index (χ0v) is 9.83. The molecule has 1 aromatic carbocycles. The molecule has 0 aliphatic carbocycles. The molecule has 0 saturated carbocycles. The van der Waals surface area contributed by atoms with E-state index in [9.17, 15) is 0 Å². The van der Waals surface area contributed by atoms with Crippen molar-refractivity contribution in [1.82, 2.24) is 9.97 Å². The summed E-state index contributed by atoms with van der Waals surface area (Å²) in [5.41, 5.74) is 1.91. The molecule has 0 spiro atoms. The van der Waals surface area contributed by atoms with Gasteiger partial charge in [-0.05, 0) is 11.6 Å². The van der Waals surface area contributed by atoms with Crippen LogP contribution in [0.3, 0.4) is 0 Å². The standard InChI is InChI=1S/C11H9Cl2N3/c12-5-8-3-1-2-4-10(8)16-11-14-6-9(13)7-15-11/h1-4,6-7H,5H2,(H,14,15,16). The normalized spacial score (nSPS) is 10.1. The van der Waals surface area contributed by atoms with Crippen LogP contribution in [0.2, 0.25) is 5.02 Å². The summed E-state index contributed by atoms with van der Waals surface area (Å²) in [7, 11) is 0. The largest absolute Gasteiger partial charge is 0.324 e. The average Bonchev–Trinajstić information content (AvgIpc) is 2.33. The van der Waals surface area contributed by atoms with Crippen LogP contribution in [0.4, 0.5) is 11.6 Å². The summed E-state index contributed by atoms with van der Waals surface area (Å²) in [6.07, 6.45) is 3.08. The first kappa shape index (κ1) is 11.2. The van der Waals surface area contributed by atoms with Crippen LogP contribution in [0, 0.1) is 0 Å². The van der Waals surface area contributed by atoms with Gasteiger partial charge in [0.1, 0.15) is 0 Å². The smallest absolute Gasteiger partial charge is 0.227 e. The Morgan fingerprint density at radius 3 is 2.50 bits per heavy atom. The molecule has 82 valence electrons. The fourth-order valence-electron chi connectivity index (χ4n) is 1.26. The first-order chi connectivity index (χ1) is 7.79. The van der Waals surface area contributed by atoms with E-state index in [2.05, 4.69) is 15.3 Å². The minimum atomic E-state index is 0.441. The highest BCUT2D eigenvalue weighted by Crippen LogP contribution is 2.20. The molecular formula is C11H9Cl2N3. The van der Waals surface area contributed by atoms with Crippen molar-refractivity contribution >= 4 is 34.8 Å². The van der Waals surface area contributed by atoms with Crippen LogP contribution in [-0.4, -0.2) is 9.97 Å². The second-order valence-corrected chi connectivity index (χ2v) is 3.84. The van der Waals surface area contributed by atoms with Crippen molar-refractivity contribution in [1.29, 1.82) is 0 Å². The summed E-state index contributed by atoms with van der Waals surface area (Å²) in [5, 5.41) is 3.60. The maximum atomic E-state index is 5.82. The highest BCUT2D eigenvalue weighted by atomic mass is 35.5. The van der Waals surface area contributed by atoms with Crippen LogP contribution in [0.5, 0.6) is 0 Å². The van der Waals surface area contributed by atoms with Gasteiger partial charge < -0.3 is 5.32 Å². The van der Waals surface area contributed by atoms with E-state index < -0.39 is 0 Å². The van der Waals surface area contributed by atoms with Crippen molar-refractivity contribution in [3.8, 4) is 0 Å². The van der Waals surface area contributed by atoms with Crippen molar-refractivity contribution < 1.29 is 0 Å². The Kier molecular flexibility index (Phi) is 3.59.